The summed E-state index contributed by atoms with van der Waals surface area (Å²) in [4.78, 5) is 14.9. The van der Waals surface area contributed by atoms with E-state index >= 15 is 0 Å². The third kappa shape index (κ3) is 4.16. The Bertz CT molecular complexity index is 958. The molecule has 0 N–H and O–H groups in total. The fourth-order valence-electron chi connectivity index (χ4n) is 2.55. The molecule has 1 amide bonds. The SMILES string of the molecule is C#CCOc1ccc(/C=C2/SC(=S)N(c3ccc(C)cc3)C2=O)cc1OC. The Labute approximate surface area is 168 Å². The van der Waals surface area contributed by atoms with E-state index in [0.29, 0.717) is 20.7 Å². The number of ether oxygens (including phenoxy) is 2. The molecule has 2 aromatic rings. The minimum absolute atomic E-state index is 0.138. The van der Waals surface area contributed by atoms with Gasteiger partial charge >= 0.3 is 0 Å². The molecule has 0 spiro atoms. The van der Waals surface area contributed by atoms with Gasteiger partial charge in [0.25, 0.3) is 5.91 Å². The van der Waals surface area contributed by atoms with Crippen LogP contribution in [0, 0.1) is 19.3 Å². The monoisotopic (exact) mass is 395 g/mol. The number of benzene rings is 2. The van der Waals surface area contributed by atoms with Gasteiger partial charge in [0, 0.05) is 0 Å². The first-order valence-corrected chi connectivity index (χ1v) is 9.35. The minimum Gasteiger partial charge on any atom is -0.493 e. The van der Waals surface area contributed by atoms with Crippen LogP contribution in [0.4, 0.5) is 5.69 Å². The molecule has 2 aromatic carbocycles. The van der Waals surface area contributed by atoms with Crippen LogP contribution < -0.4 is 14.4 Å². The Morgan fingerprint density at radius 1 is 1.22 bits per heavy atom. The largest absolute Gasteiger partial charge is 0.493 e. The maximum absolute atomic E-state index is 12.8. The number of aryl methyl sites for hydroxylation is 1. The van der Waals surface area contributed by atoms with Crippen molar-refractivity contribution >= 4 is 46.0 Å². The summed E-state index contributed by atoms with van der Waals surface area (Å²) >= 11 is 6.68. The molecule has 27 heavy (non-hydrogen) atoms. The van der Waals surface area contributed by atoms with Crippen LogP contribution in [0.2, 0.25) is 0 Å². The molecule has 1 aliphatic heterocycles. The lowest BCUT2D eigenvalue weighted by molar-refractivity contribution is -0.113. The molecule has 1 aliphatic rings. The van der Waals surface area contributed by atoms with Crippen molar-refractivity contribution in [2.24, 2.45) is 0 Å². The number of hydrogen-bond donors (Lipinski definition) is 0. The fourth-order valence-corrected chi connectivity index (χ4v) is 3.85. The molecule has 0 radical (unpaired) electrons. The predicted molar refractivity (Wildman–Crippen MR) is 114 cm³/mol. The van der Waals surface area contributed by atoms with E-state index in [0.717, 1.165) is 16.8 Å². The van der Waals surface area contributed by atoms with Crippen molar-refractivity contribution in [2.45, 2.75) is 6.92 Å². The molecule has 0 atom stereocenters. The molecule has 1 fully saturated rings. The zero-order chi connectivity index (χ0) is 19.4. The van der Waals surface area contributed by atoms with E-state index in [1.165, 1.54) is 11.8 Å². The molecule has 4 nitrogen and oxygen atoms in total. The van der Waals surface area contributed by atoms with Crippen molar-refractivity contribution in [1.82, 2.24) is 0 Å². The van der Waals surface area contributed by atoms with Crippen molar-refractivity contribution in [3.8, 4) is 23.8 Å². The van der Waals surface area contributed by atoms with Crippen LogP contribution in [0.1, 0.15) is 11.1 Å². The van der Waals surface area contributed by atoms with Crippen LogP contribution in [0.25, 0.3) is 6.08 Å². The summed E-state index contributed by atoms with van der Waals surface area (Å²) in [6.45, 7) is 2.16. The number of hydrogen-bond acceptors (Lipinski definition) is 5. The van der Waals surface area contributed by atoms with Crippen molar-refractivity contribution in [1.29, 1.82) is 0 Å². The highest BCUT2D eigenvalue weighted by Crippen LogP contribution is 2.37. The molecule has 0 bridgehead atoms. The Balaban J connectivity index is 1.87. The summed E-state index contributed by atoms with van der Waals surface area (Å²) in [7, 11) is 1.55. The quantitative estimate of drug-likeness (QED) is 0.426. The Hall–Kier alpha value is -2.75. The predicted octanol–water partition coefficient (Wildman–Crippen LogP) is 4.42. The lowest BCUT2D eigenvalue weighted by atomic mass is 10.1. The van der Waals surface area contributed by atoms with Crippen LogP contribution in [0.15, 0.2) is 47.4 Å². The molecule has 3 rings (SSSR count). The summed E-state index contributed by atoms with van der Waals surface area (Å²) in [6.07, 6.45) is 7.01. The molecule has 0 aliphatic carbocycles. The van der Waals surface area contributed by atoms with Crippen molar-refractivity contribution in [3.05, 3.63) is 58.5 Å². The third-order valence-electron chi connectivity index (χ3n) is 3.88. The second kappa shape index (κ2) is 8.30. The smallest absolute Gasteiger partial charge is 0.270 e. The lowest BCUT2D eigenvalue weighted by Gasteiger charge is -2.14. The van der Waals surface area contributed by atoms with E-state index in [1.807, 2.05) is 37.3 Å². The molecule has 0 unspecified atom stereocenters. The molecule has 0 saturated carbocycles. The molecular formula is C21H17NO3S2. The normalized spacial score (nSPS) is 15.1. The molecule has 6 heteroatoms. The average Bonchev–Trinajstić information content (AvgIpc) is 2.94. The molecular weight excluding hydrogens is 378 g/mol. The number of anilines is 1. The van der Waals surface area contributed by atoms with E-state index in [9.17, 15) is 4.79 Å². The van der Waals surface area contributed by atoms with Crippen LogP contribution in [0.3, 0.4) is 0 Å². The van der Waals surface area contributed by atoms with Gasteiger partial charge in [0.2, 0.25) is 0 Å². The molecule has 0 aromatic heterocycles. The molecule has 1 saturated heterocycles. The Kier molecular flexibility index (Phi) is 5.84. The van der Waals surface area contributed by atoms with Crippen LogP contribution in [-0.4, -0.2) is 23.9 Å². The highest BCUT2D eigenvalue weighted by atomic mass is 32.2. The Morgan fingerprint density at radius 2 is 1.96 bits per heavy atom. The van der Waals surface area contributed by atoms with Crippen LogP contribution >= 0.6 is 24.0 Å². The minimum atomic E-state index is -0.138. The second-order valence-corrected chi connectivity index (χ2v) is 7.43. The van der Waals surface area contributed by atoms with Gasteiger partial charge in [-0.05, 0) is 42.8 Å². The third-order valence-corrected chi connectivity index (χ3v) is 5.18. The van der Waals surface area contributed by atoms with Crippen molar-refractivity contribution in [2.75, 3.05) is 18.6 Å². The highest BCUT2D eigenvalue weighted by Gasteiger charge is 2.33. The van der Waals surface area contributed by atoms with Crippen molar-refractivity contribution < 1.29 is 14.3 Å². The van der Waals surface area contributed by atoms with Gasteiger partial charge in [-0.2, -0.15) is 0 Å². The fraction of sp³-hybridized carbons (Fsp3) is 0.143. The number of terminal acetylenes is 1. The average molecular weight is 396 g/mol. The van der Waals surface area contributed by atoms with Gasteiger partial charge in [0.15, 0.2) is 15.8 Å². The summed E-state index contributed by atoms with van der Waals surface area (Å²) in [5.41, 5.74) is 2.70. The lowest BCUT2D eigenvalue weighted by Crippen LogP contribution is -2.27. The summed E-state index contributed by atoms with van der Waals surface area (Å²) in [5, 5.41) is 0. The van der Waals surface area contributed by atoms with Crippen molar-refractivity contribution in [3.63, 3.8) is 0 Å². The first kappa shape index (κ1) is 19.0. The van der Waals surface area contributed by atoms with Crippen LogP contribution in [-0.2, 0) is 4.79 Å². The maximum atomic E-state index is 12.8. The van der Waals surface area contributed by atoms with Gasteiger partial charge in [-0.15, -0.1) is 6.42 Å². The summed E-state index contributed by atoms with van der Waals surface area (Å²) in [6, 6.07) is 13.1. The maximum Gasteiger partial charge on any atom is 0.270 e. The van der Waals surface area contributed by atoms with Gasteiger partial charge in [-0.3, -0.25) is 9.69 Å². The molecule has 136 valence electrons. The van der Waals surface area contributed by atoms with Gasteiger partial charge in [-0.1, -0.05) is 53.7 Å². The number of methoxy groups -OCH3 is 1. The number of carbonyl (C=O) groups excluding carboxylic acids is 1. The number of nitrogens with zero attached hydrogens (tertiary/aromatic N) is 1. The van der Waals surface area contributed by atoms with Gasteiger partial charge < -0.3 is 9.47 Å². The van der Waals surface area contributed by atoms with E-state index in [2.05, 4.69) is 5.92 Å². The van der Waals surface area contributed by atoms with E-state index in [4.69, 9.17) is 28.1 Å². The van der Waals surface area contributed by atoms with E-state index in [-0.39, 0.29) is 12.5 Å². The van der Waals surface area contributed by atoms with Gasteiger partial charge in [0.05, 0.1) is 17.7 Å². The standard InChI is InChI=1S/C21H17NO3S2/c1-4-11-25-17-10-7-15(12-18(17)24-3)13-19-20(23)22(21(26)27-19)16-8-5-14(2)6-9-16/h1,5-10,12-13H,11H2,2-3H3/b19-13+. The summed E-state index contributed by atoms with van der Waals surface area (Å²) in [5.74, 6) is 3.38. The number of thiocarbonyl (C=S) groups is 1. The number of thioether (sulfide) groups is 1. The number of rotatable bonds is 5. The first-order chi connectivity index (χ1) is 13.0. The topological polar surface area (TPSA) is 38.8 Å². The number of amides is 1. The zero-order valence-corrected chi connectivity index (χ0v) is 16.5. The zero-order valence-electron chi connectivity index (χ0n) is 14.9. The van der Waals surface area contributed by atoms with E-state index < -0.39 is 0 Å². The second-order valence-electron chi connectivity index (χ2n) is 5.76. The Morgan fingerprint density at radius 3 is 2.63 bits per heavy atom. The van der Waals surface area contributed by atoms with Gasteiger partial charge in [0.1, 0.15) is 6.61 Å². The highest BCUT2D eigenvalue weighted by molar-refractivity contribution is 8.27. The molecule has 1 heterocycles. The van der Waals surface area contributed by atoms with Crippen LogP contribution in [0.5, 0.6) is 11.5 Å². The number of carbonyl (C=O) groups is 1. The van der Waals surface area contributed by atoms with E-state index in [1.54, 1.807) is 30.2 Å². The first-order valence-electron chi connectivity index (χ1n) is 8.12. The summed E-state index contributed by atoms with van der Waals surface area (Å²) < 4.78 is 11.3. The van der Waals surface area contributed by atoms with Gasteiger partial charge in [-0.25, -0.2) is 0 Å².